The number of benzene rings is 1. The Labute approximate surface area is 168 Å². The summed E-state index contributed by atoms with van der Waals surface area (Å²) in [5, 5.41) is 4.70. The van der Waals surface area contributed by atoms with Crippen molar-refractivity contribution in [3.8, 4) is 17.0 Å². The molecule has 1 aliphatic carbocycles. The fraction of sp³-hybridized carbons (Fsp3) is 0.524. The predicted octanol–water partition coefficient (Wildman–Crippen LogP) is 3.39. The first-order valence-electron chi connectivity index (χ1n) is 10.3. The topological polar surface area (TPSA) is 50.6 Å². The first-order valence-corrected chi connectivity index (χ1v) is 10.3. The predicted molar refractivity (Wildman–Crippen MR) is 103 cm³/mol. The lowest BCUT2D eigenvalue weighted by Gasteiger charge is -2.31. The van der Waals surface area contributed by atoms with Crippen molar-refractivity contribution < 1.29 is 18.3 Å². The number of aromatic nitrogens is 2. The Balaban J connectivity index is 1.46. The van der Waals surface area contributed by atoms with Crippen LogP contribution in [0.15, 0.2) is 24.3 Å². The Hall–Kier alpha value is -2.48. The Morgan fingerprint density at radius 1 is 1.07 bits per heavy atom. The quantitative estimate of drug-likeness (QED) is 0.790. The van der Waals surface area contributed by atoms with Crippen molar-refractivity contribution in [1.82, 2.24) is 19.6 Å². The number of fused-ring (bicyclic) bond motifs is 5. The summed E-state index contributed by atoms with van der Waals surface area (Å²) in [6.45, 7) is 0.938. The average Bonchev–Trinajstić information content (AvgIpc) is 3.20. The highest BCUT2D eigenvalue weighted by Gasteiger charge is 2.35. The van der Waals surface area contributed by atoms with Gasteiger partial charge in [0.1, 0.15) is 5.75 Å². The fourth-order valence-corrected chi connectivity index (χ4v) is 4.88. The number of alkyl halides is 2. The SMILES string of the molecule is O=C(N1CCN2CCC1CC2)n1nc(-c2ccc(OC(F)F)cc2)c2c1CCC2. The lowest BCUT2D eigenvalue weighted by molar-refractivity contribution is -0.0498. The average molecular weight is 402 g/mol. The van der Waals surface area contributed by atoms with E-state index < -0.39 is 6.61 Å². The summed E-state index contributed by atoms with van der Waals surface area (Å²) in [7, 11) is 0. The summed E-state index contributed by atoms with van der Waals surface area (Å²) in [5.41, 5.74) is 3.69. The van der Waals surface area contributed by atoms with Gasteiger partial charge in [-0.2, -0.15) is 18.6 Å². The number of halogens is 2. The van der Waals surface area contributed by atoms with Gasteiger partial charge < -0.3 is 14.5 Å². The molecule has 1 aromatic heterocycles. The van der Waals surface area contributed by atoms with Gasteiger partial charge in [-0.05, 0) is 56.4 Å². The normalized spacial score (nSPS) is 23.3. The monoisotopic (exact) mass is 402 g/mol. The highest BCUT2D eigenvalue weighted by Crippen LogP contribution is 2.34. The number of rotatable bonds is 3. The first-order chi connectivity index (χ1) is 14.1. The number of hydrogen-bond donors (Lipinski definition) is 0. The van der Waals surface area contributed by atoms with E-state index >= 15 is 0 Å². The van der Waals surface area contributed by atoms with Gasteiger partial charge in [-0.3, -0.25) is 0 Å². The van der Waals surface area contributed by atoms with Crippen LogP contribution in [0.1, 0.15) is 30.5 Å². The summed E-state index contributed by atoms with van der Waals surface area (Å²) < 4.78 is 30.8. The van der Waals surface area contributed by atoms with Gasteiger partial charge in [-0.1, -0.05) is 0 Å². The zero-order valence-electron chi connectivity index (χ0n) is 16.2. The van der Waals surface area contributed by atoms with E-state index in [9.17, 15) is 13.6 Å². The second kappa shape index (κ2) is 7.40. The molecule has 29 heavy (non-hydrogen) atoms. The zero-order valence-corrected chi connectivity index (χ0v) is 16.2. The van der Waals surface area contributed by atoms with Crippen molar-refractivity contribution in [1.29, 1.82) is 0 Å². The van der Waals surface area contributed by atoms with E-state index in [1.807, 2.05) is 4.90 Å². The molecule has 2 aromatic rings. The Kier molecular flexibility index (Phi) is 4.73. The molecule has 1 amide bonds. The third-order valence-electron chi connectivity index (χ3n) is 6.37. The lowest BCUT2D eigenvalue weighted by atomic mass is 10.1. The second-order valence-corrected chi connectivity index (χ2v) is 7.99. The van der Waals surface area contributed by atoms with Gasteiger partial charge in [-0.15, -0.1) is 0 Å². The molecular formula is C21H24F2N4O2. The van der Waals surface area contributed by atoms with Gasteiger partial charge in [0.25, 0.3) is 0 Å². The highest BCUT2D eigenvalue weighted by atomic mass is 19.3. The van der Waals surface area contributed by atoms with Crippen LogP contribution in [0.4, 0.5) is 13.6 Å². The van der Waals surface area contributed by atoms with Gasteiger partial charge in [0.2, 0.25) is 0 Å². The van der Waals surface area contributed by atoms with Crippen molar-refractivity contribution in [3.63, 3.8) is 0 Å². The molecule has 2 bridgehead atoms. The van der Waals surface area contributed by atoms with Crippen LogP contribution >= 0.6 is 0 Å². The minimum absolute atomic E-state index is 0.0270. The van der Waals surface area contributed by atoms with Gasteiger partial charge in [-0.25, -0.2) is 4.79 Å². The number of hydrogen-bond acceptors (Lipinski definition) is 4. The lowest BCUT2D eigenvalue weighted by Crippen LogP contribution is -2.44. The van der Waals surface area contributed by atoms with Crippen LogP contribution in [-0.4, -0.2) is 64.4 Å². The van der Waals surface area contributed by atoms with Crippen LogP contribution < -0.4 is 4.74 Å². The number of nitrogens with zero attached hydrogens (tertiary/aromatic N) is 4. The van der Waals surface area contributed by atoms with Gasteiger partial charge in [0.05, 0.1) is 11.4 Å². The Morgan fingerprint density at radius 3 is 2.55 bits per heavy atom. The molecule has 0 N–H and O–H groups in total. The van der Waals surface area contributed by atoms with E-state index in [1.54, 1.807) is 16.8 Å². The minimum atomic E-state index is -2.85. The third-order valence-corrected chi connectivity index (χ3v) is 6.37. The van der Waals surface area contributed by atoms with Crippen LogP contribution in [-0.2, 0) is 12.8 Å². The minimum Gasteiger partial charge on any atom is -0.435 e. The van der Waals surface area contributed by atoms with E-state index in [1.165, 1.54) is 12.1 Å². The summed E-state index contributed by atoms with van der Waals surface area (Å²) >= 11 is 0. The van der Waals surface area contributed by atoms with E-state index in [2.05, 4.69) is 9.64 Å². The standard InChI is InChI=1S/C21H24F2N4O2/c22-20(23)29-16-6-4-14(5-7-16)19-17-2-1-3-18(17)27(24-19)21(28)26-13-12-25-10-8-15(26)9-11-25/h4-7,15,20H,1-3,8-13H2. The number of carbonyl (C=O) groups is 1. The third kappa shape index (κ3) is 3.39. The molecule has 154 valence electrons. The number of carbonyl (C=O) groups excluding carboxylic acids is 1. The smallest absolute Gasteiger partial charge is 0.387 e. The van der Waals surface area contributed by atoms with E-state index in [0.29, 0.717) is 0 Å². The first kappa shape index (κ1) is 18.5. The number of ether oxygens (including phenoxy) is 1. The molecule has 8 heteroatoms. The molecule has 0 radical (unpaired) electrons. The van der Waals surface area contributed by atoms with E-state index in [4.69, 9.17) is 5.10 Å². The Bertz CT molecular complexity index is 904. The molecule has 0 spiro atoms. The van der Waals surface area contributed by atoms with Crippen LogP contribution in [0.25, 0.3) is 11.3 Å². The largest absolute Gasteiger partial charge is 0.435 e. The van der Waals surface area contributed by atoms with Crippen molar-refractivity contribution >= 4 is 6.03 Å². The molecule has 3 aliphatic heterocycles. The second-order valence-electron chi connectivity index (χ2n) is 7.99. The summed E-state index contributed by atoms with van der Waals surface area (Å²) in [4.78, 5) is 17.8. The molecule has 0 atom stereocenters. The van der Waals surface area contributed by atoms with E-state index in [0.717, 1.165) is 80.8 Å². The number of piperidine rings is 1. The number of amides is 1. The van der Waals surface area contributed by atoms with Crippen LogP contribution in [0.3, 0.4) is 0 Å². The maximum Gasteiger partial charge on any atom is 0.387 e. The summed E-state index contributed by atoms with van der Waals surface area (Å²) in [6.07, 6.45) is 4.76. The van der Waals surface area contributed by atoms with Crippen LogP contribution in [0, 0.1) is 0 Å². The molecule has 0 unspecified atom stereocenters. The molecule has 1 aromatic carbocycles. The summed E-state index contributed by atoms with van der Waals surface area (Å²) in [6, 6.07) is 6.76. The molecule has 6 nitrogen and oxygen atoms in total. The molecule has 6 rings (SSSR count). The van der Waals surface area contributed by atoms with Gasteiger partial charge >= 0.3 is 12.6 Å². The molecular weight excluding hydrogens is 378 g/mol. The zero-order chi connectivity index (χ0) is 20.0. The summed E-state index contributed by atoms with van der Waals surface area (Å²) in [5.74, 6) is 0.117. The molecule has 3 fully saturated rings. The van der Waals surface area contributed by atoms with Crippen molar-refractivity contribution in [2.75, 3.05) is 26.2 Å². The fourth-order valence-electron chi connectivity index (χ4n) is 4.88. The Morgan fingerprint density at radius 2 is 1.83 bits per heavy atom. The van der Waals surface area contributed by atoms with Crippen molar-refractivity contribution in [3.05, 3.63) is 35.5 Å². The van der Waals surface area contributed by atoms with Gasteiger partial charge in [0.15, 0.2) is 0 Å². The maximum atomic E-state index is 13.4. The van der Waals surface area contributed by atoms with Crippen LogP contribution in [0.5, 0.6) is 5.75 Å². The van der Waals surface area contributed by atoms with Crippen molar-refractivity contribution in [2.24, 2.45) is 0 Å². The van der Waals surface area contributed by atoms with Crippen molar-refractivity contribution in [2.45, 2.75) is 44.8 Å². The molecule has 4 aliphatic rings. The van der Waals surface area contributed by atoms with E-state index in [-0.39, 0.29) is 17.8 Å². The van der Waals surface area contributed by atoms with Crippen LogP contribution in [0.2, 0.25) is 0 Å². The molecule has 0 saturated carbocycles. The highest BCUT2D eigenvalue weighted by molar-refractivity contribution is 5.80. The molecule has 4 heterocycles. The molecule has 3 saturated heterocycles. The maximum absolute atomic E-state index is 13.4. The van der Waals surface area contributed by atoms with Gasteiger partial charge in [0, 0.05) is 43.3 Å².